The number of fused-ring (bicyclic) bond motifs is 2. The fourth-order valence-electron chi connectivity index (χ4n) is 5.25. The van der Waals surface area contributed by atoms with Crippen molar-refractivity contribution in [3.63, 3.8) is 0 Å². The molecule has 2 aliphatic heterocycles. The first-order chi connectivity index (χ1) is 24.8. The van der Waals surface area contributed by atoms with Gasteiger partial charge in [0.05, 0.1) is 46.7 Å². The highest BCUT2D eigenvalue weighted by molar-refractivity contribution is 7.52. The summed E-state index contributed by atoms with van der Waals surface area (Å²) in [5.41, 5.74) is 12.9. The topological polar surface area (TPSA) is 325 Å². The number of hydrogen-bond donors (Lipinski definition) is 5. The van der Waals surface area contributed by atoms with Crippen molar-refractivity contribution in [2.75, 3.05) is 51.9 Å². The SMILES string of the molecule is COC1=C(OC)/C(=C/COP(=O)(O)OCC2OC(n3cnc4c(N)ncnc43)C(O)C2OP(=O)(O)COCCn2cnc3ncnc(N)c32)OC1=O. The molecule has 0 spiro atoms. The van der Waals surface area contributed by atoms with Crippen LogP contribution in [0, 0.1) is 0 Å². The molecule has 1 fully saturated rings. The number of nitrogens with zero attached hydrogens (tertiary/aromatic N) is 8. The van der Waals surface area contributed by atoms with Gasteiger partial charge < -0.3 is 54.6 Å². The zero-order chi connectivity index (χ0) is 37.2. The van der Waals surface area contributed by atoms with Crippen LogP contribution in [0.4, 0.5) is 11.6 Å². The molecule has 2 aliphatic rings. The Morgan fingerprint density at radius 1 is 0.981 bits per heavy atom. The third kappa shape index (κ3) is 7.76. The number of aliphatic hydroxyl groups excluding tert-OH is 1. The summed E-state index contributed by atoms with van der Waals surface area (Å²) in [5.74, 6) is -1.03. The van der Waals surface area contributed by atoms with E-state index in [2.05, 4.69) is 29.9 Å². The van der Waals surface area contributed by atoms with Gasteiger partial charge in [0.15, 0.2) is 34.9 Å². The van der Waals surface area contributed by atoms with Crippen molar-refractivity contribution in [2.45, 2.75) is 31.1 Å². The average molecular weight is 771 g/mol. The van der Waals surface area contributed by atoms with Crippen molar-refractivity contribution in [1.82, 2.24) is 39.0 Å². The van der Waals surface area contributed by atoms with E-state index in [4.69, 9.17) is 48.7 Å². The number of esters is 1. The van der Waals surface area contributed by atoms with Gasteiger partial charge >= 0.3 is 21.4 Å². The number of aliphatic hydroxyl groups is 1. The first kappa shape index (κ1) is 37.2. The number of methoxy groups -OCH3 is 2. The van der Waals surface area contributed by atoms with Crippen molar-refractivity contribution in [3.8, 4) is 0 Å². The van der Waals surface area contributed by atoms with E-state index in [0.29, 0.717) is 11.2 Å². The third-order valence-corrected chi connectivity index (χ3v) is 9.59. The Morgan fingerprint density at radius 3 is 2.50 bits per heavy atom. The molecule has 4 aromatic rings. The number of imidazole rings is 2. The van der Waals surface area contributed by atoms with Gasteiger partial charge in [-0.25, -0.2) is 39.3 Å². The predicted molar refractivity (Wildman–Crippen MR) is 172 cm³/mol. The number of hydrogen-bond acceptors (Lipinski definition) is 20. The number of ether oxygens (including phenoxy) is 5. The van der Waals surface area contributed by atoms with Crippen LogP contribution in [0.1, 0.15) is 6.23 Å². The second-order valence-corrected chi connectivity index (χ2v) is 14.0. The Bertz CT molecular complexity index is 2120. The fourth-order valence-corrected chi connectivity index (χ4v) is 6.98. The Labute approximate surface area is 292 Å². The smallest absolute Gasteiger partial charge is 0.472 e. The molecule has 6 heterocycles. The van der Waals surface area contributed by atoms with E-state index in [9.17, 15) is 28.8 Å². The molecule has 1 saturated heterocycles. The van der Waals surface area contributed by atoms with Gasteiger partial charge in [0.2, 0.25) is 5.76 Å². The molecule has 0 aliphatic carbocycles. The van der Waals surface area contributed by atoms with Crippen LogP contribution in [0.2, 0.25) is 0 Å². The predicted octanol–water partition coefficient (Wildman–Crippen LogP) is -0.288. The van der Waals surface area contributed by atoms with Crippen LogP contribution in [0.15, 0.2) is 48.7 Å². The molecule has 0 bridgehead atoms. The molecule has 0 aromatic carbocycles. The van der Waals surface area contributed by atoms with E-state index in [-0.39, 0.29) is 53.2 Å². The Kier molecular flexibility index (Phi) is 10.8. The number of nitrogens with two attached hydrogens (primary N) is 2. The van der Waals surface area contributed by atoms with Crippen molar-refractivity contribution in [2.24, 2.45) is 0 Å². The lowest BCUT2D eigenvalue weighted by atomic mass is 10.1. The number of phosphoric ester groups is 1. The largest absolute Gasteiger partial charge is 0.490 e. The number of carbonyl (C=O) groups is 1. The van der Waals surface area contributed by atoms with E-state index in [1.54, 1.807) is 4.57 Å². The normalized spacial score (nSPS) is 23.7. The molecule has 0 amide bonds. The standard InChI is InChI=1S/C26H32N10O14P2/c1-43-19-13(49-26(38)20(19)44-2)3-5-46-52(41,42)47-7-14-18(17(37)25(48-14)36-11-33-15-21(27)29-9-32-24(15)36)50-51(39,40)12-45-6-4-35-10-34-23-16(35)22(28)30-8-31-23/h3,8-11,14,17-18,25,37H,4-7,12H2,1-2H3,(H,39,40)(H,41,42)(H2,27,29,32)(H2,28,30,31)/b13-3-. The van der Waals surface area contributed by atoms with Crippen molar-refractivity contribution in [1.29, 1.82) is 0 Å². The number of phosphoric acid groups is 1. The van der Waals surface area contributed by atoms with E-state index in [1.807, 2.05) is 0 Å². The Morgan fingerprint density at radius 2 is 1.73 bits per heavy atom. The van der Waals surface area contributed by atoms with Crippen LogP contribution in [0.3, 0.4) is 0 Å². The van der Waals surface area contributed by atoms with Crippen molar-refractivity contribution < 1.29 is 66.1 Å². The van der Waals surface area contributed by atoms with Crippen molar-refractivity contribution in [3.05, 3.63) is 48.7 Å². The van der Waals surface area contributed by atoms with E-state index >= 15 is 0 Å². The van der Waals surface area contributed by atoms with Gasteiger partial charge in [-0.1, -0.05) is 0 Å². The van der Waals surface area contributed by atoms with Gasteiger partial charge in [-0.2, -0.15) is 0 Å². The molecular formula is C26H32N10O14P2. The number of rotatable bonds is 16. The number of nitrogen functional groups attached to an aromatic ring is 2. The Hall–Kier alpha value is -4.61. The maximum Gasteiger partial charge on any atom is 0.472 e. The summed E-state index contributed by atoms with van der Waals surface area (Å²) in [6.45, 7) is -1.33. The maximum atomic E-state index is 13.2. The first-order valence-electron chi connectivity index (χ1n) is 14.9. The minimum Gasteiger partial charge on any atom is -0.490 e. The summed E-state index contributed by atoms with van der Waals surface area (Å²) in [5, 5.41) is 11.3. The molecule has 7 N–H and O–H groups in total. The van der Waals surface area contributed by atoms with Gasteiger partial charge in [0, 0.05) is 6.54 Å². The van der Waals surface area contributed by atoms with Crippen LogP contribution < -0.4 is 11.5 Å². The summed E-state index contributed by atoms with van der Waals surface area (Å²) in [6, 6.07) is 0. The van der Waals surface area contributed by atoms with Crippen molar-refractivity contribution >= 4 is 55.4 Å². The lowest BCUT2D eigenvalue weighted by molar-refractivity contribution is -0.136. The molecule has 4 aromatic heterocycles. The van der Waals surface area contributed by atoms with Gasteiger partial charge in [0.1, 0.15) is 48.3 Å². The summed E-state index contributed by atoms with van der Waals surface area (Å²) in [7, 11) is -7.05. The van der Waals surface area contributed by atoms with Gasteiger partial charge in [-0.15, -0.1) is 0 Å². The van der Waals surface area contributed by atoms with Gasteiger partial charge in [-0.3, -0.25) is 22.7 Å². The van der Waals surface area contributed by atoms with Gasteiger partial charge in [0.25, 0.3) is 5.76 Å². The number of carbonyl (C=O) groups excluding carboxylic acids is 1. The molecule has 24 nitrogen and oxygen atoms in total. The highest BCUT2D eigenvalue weighted by atomic mass is 31.2. The second-order valence-electron chi connectivity index (χ2n) is 10.8. The Balaban J connectivity index is 1.13. The minimum absolute atomic E-state index is 0.0343. The summed E-state index contributed by atoms with van der Waals surface area (Å²) >= 11 is 0. The van der Waals surface area contributed by atoms with Crippen LogP contribution in [-0.4, -0.2) is 119 Å². The minimum atomic E-state index is -4.89. The third-order valence-electron chi connectivity index (χ3n) is 7.56. The molecular weight excluding hydrogens is 738 g/mol. The van der Waals surface area contributed by atoms with Crippen LogP contribution in [0.5, 0.6) is 0 Å². The summed E-state index contributed by atoms with van der Waals surface area (Å²) in [4.78, 5) is 57.2. The zero-order valence-corrected chi connectivity index (χ0v) is 29.0. The monoisotopic (exact) mass is 770 g/mol. The van der Waals surface area contributed by atoms with Gasteiger partial charge in [-0.05, 0) is 6.08 Å². The molecule has 6 atom stereocenters. The highest BCUT2D eigenvalue weighted by Crippen LogP contribution is 2.49. The number of aromatic nitrogens is 8. The molecule has 6 unspecified atom stereocenters. The summed E-state index contributed by atoms with van der Waals surface area (Å²) in [6.07, 6.45) is -0.737. The molecule has 0 radical (unpaired) electrons. The van der Waals surface area contributed by atoms with E-state index < -0.39 is 65.5 Å². The quantitative estimate of drug-likeness (QED) is 0.0555. The second kappa shape index (κ2) is 15.2. The van der Waals surface area contributed by atoms with E-state index in [1.165, 1.54) is 37.8 Å². The zero-order valence-electron chi connectivity index (χ0n) is 27.2. The molecule has 6 rings (SSSR count). The van der Waals surface area contributed by atoms with E-state index in [0.717, 1.165) is 12.4 Å². The highest BCUT2D eigenvalue weighted by Gasteiger charge is 2.49. The number of cyclic esters (lactones) is 1. The molecule has 0 saturated carbocycles. The molecule has 52 heavy (non-hydrogen) atoms. The number of anilines is 2. The molecule has 26 heteroatoms. The molecule has 280 valence electrons. The first-order valence-corrected chi connectivity index (χ1v) is 18.2. The lowest BCUT2D eigenvalue weighted by Crippen LogP contribution is -2.36. The average Bonchev–Trinajstić information content (AvgIpc) is 3.86. The van der Waals surface area contributed by atoms with Crippen LogP contribution in [-0.2, 0) is 57.7 Å². The fraction of sp³-hybridized carbons (Fsp3) is 0.423. The van der Waals surface area contributed by atoms with Crippen LogP contribution >= 0.6 is 15.4 Å². The van der Waals surface area contributed by atoms with Crippen LogP contribution in [0.25, 0.3) is 22.3 Å². The maximum absolute atomic E-state index is 13.2. The summed E-state index contributed by atoms with van der Waals surface area (Å²) < 4.78 is 70.8. The lowest BCUT2D eigenvalue weighted by Gasteiger charge is -2.24.